The summed E-state index contributed by atoms with van der Waals surface area (Å²) in [4.78, 5) is 0. The molecule has 0 aliphatic carbocycles. The summed E-state index contributed by atoms with van der Waals surface area (Å²) in [6.07, 6.45) is 0. The van der Waals surface area contributed by atoms with Gasteiger partial charge in [0.2, 0.25) is 0 Å². The molecule has 1 rings (SSSR count). The van der Waals surface area contributed by atoms with Crippen molar-refractivity contribution in [3.05, 3.63) is 22.4 Å². The van der Waals surface area contributed by atoms with Gasteiger partial charge in [0.05, 0.1) is 0 Å². The van der Waals surface area contributed by atoms with Crippen molar-refractivity contribution in [2.45, 2.75) is 12.2 Å². The fourth-order valence-electron chi connectivity index (χ4n) is 0.678. The molecule has 0 amide bonds. The summed E-state index contributed by atoms with van der Waals surface area (Å²) in [7, 11) is -3.92. The maximum absolute atomic E-state index is 10.6. The molecule has 1 aromatic rings. The Bertz CT molecular complexity index is 317. The van der Waals surface area contributed by atoms with Gasteiger partial charge >= 0.3 is 29.6 Å². The van der Waals surface area contributed by atoms with Crippen molar-refractivity contribution in [1.29, 1.82) is 0 Å². The maximum atomic E-state index is 10.6. The zero-order valence-corrected chi connectivity index (χ0v) is 7.52. The van der Waals surface area contributed by atoms with Gasteiger partial charge in [0.25, 0.3) is 10.1 Å². The standard InChI is InChI=1S/C6H8O3S2.Na.H/c1-5(11(7,8)9)6-2-3-10-4-6;;/h2-5H,1H3,(H,7,8,9);;. The van der Waals surface area contributed by atoms with Crippen molar-refractivity contribution in [2.24, 2.45) is 0 Å². The SMILES string of the molecule is CC(c1ccsc1)S(=O)(=O)O.[NaH]. The molecule has 0 saturated heterocycles. The van der Waals surface area contributed by atoms with E-state index in [9.17, 15) is 8.42 Å². The number of rotatable bonds is 2. The third kappa shape index (κ3) is 3.16. The second-order valence-corrected chi connectivity index (χ2v) is 4.73. The van der Waals surface area contributed by atoms with Crippen LogP contribution in [0.4, 0.5) is 0 Å². The first-order valence-electron chi connectivity index (χ1n) is 3.00. The van der Waals surface area contributed by atoms with Crippen LogP contribution >= 0.6 is 11.3 Å². The molecule has 0 fully saturated rings. The first-order chi connectivity index (χ1) is 5.02. The molecule has 0 saturated carbocycles. The van der Waals surface area contributed by atoms with Crippen LogP contribution in [0.5, 0.6) is 0 Å². The zero-order chi connectivity index (χ0) is 8.48. The number of thiophene rings is 1. The summed E-state index contributed by atoms with van der Waals surface area (Å²) in [6, 6.07) is 1.68. The van der Waals surface area contributed by atoms with E-state index >= 15 is 0 Å². The van der Waals surface area contributed by atoms with Gasteiger partial charge < -0.3 is 0 Å². The van der Waals surface area contributed by atoms with E-state index < -0.39 is 15.4 Å². The van der Waals surface area contributed by atoms with E-state index in [0.29, 0.717) is 5.56 Å². The Morgan fingerprint density at radius 1 is 1.58 bits per heavy atom. The fourth-order valence-corrected chi connectivity index (χ4v) is 2.01. The van der Waals surface area contributed by atoms with Gasteiger partial charge in [-0.1, -0.05) is 0 Å². The molecule has 0 bridgehead atoms. The van der Waals surface area contributed by atoms with E-state index in [4.69, 9.17) is 4.55 Å². The Morgan fingerprint density at radius 2 is 2.17 bits per heavy atom. The van der Waals surface area contributed by atoms with Crippen LogP contribution in [0.25, 0.3) is 0 Å². The molecule has 3 nitrogen and oxygen atoms in total. The van der Waals surface area contributed by atoms with Crippen molar-refractivity contribution in [1.82, 2.24) is 0 Å². The molecule has 1 aromatic heterocycles. The van der Waals surface area contributed by atoms with E-state index in [1.54, 1.807) is 16.8 Å². The molecule has 6 heteroatoms. The van der Waals surface area contributed by atoms with E-state index in [1.807, 2.05) is 0 Å². The van der Waals surface area contributed by atoms with Gasteiger partial charge in [0, 0.05) is 0 Å². The molecule has 1 N–H and O–H groups in total. The van der Waals surface area contributed by atoms with Crippen molar-refractivity contribution in [3.8, 4) is 0 Å². The Kier molecular flexibility index (Phi) is 4.98. The molecule has 0 radical (unpaired) electrons. The van der Waals surface area contributed by atoms with Gasteiger partial charge in [-0.3, -0.25) is 4.55 Å². The zero-order valence-electron chi connectivity index (χ0n) is 5.89. The van der Waals surface area contributed by atoms with Crippen LogP contribution in [0.15, 0.2) is 16.8 Å². The van der Waals surface area contributed by atoms with E-state index in [1.165, 1.54) is 18.3 Å². The first-order valence-corrected chi connectivity index (χ1v) is 5.45. The predicted octanol–water partition coefficient (Wildman–Crippen LogP) is 1.05. The van der Waals surface area contributed by atoms with Gasteiger partial charge in [-0.05, 0) is 29.3 Å². The number of hydrogen-bond acceptors (Lipinski definition) is 3. The molecule has 64 valence electrons. The summed E-state index contributed by atoms with van der Waals surface area (Å²) in [5.74, 6) is 0. The van der Waals surface area contributed by atoms with Gasteiger partial charge in [-0.15, -0.1) is 0 Å². The van der Waals surface area contributed by atoms with Gasteiger partial charge in [0.15, 0.2) is 0 Å². The summed E-state index contributed by atoms with van der Waals surface area (Å²) in [6.45, 7) is 1.46. The summed E-state index contributed by atoms with van der Waals surface area (Å²) in [5, 5.41) is 2.67. The molecule has 0 aliphatic rings. The predicted molar refractivity (Wildman–Crippen MR) is 51.4 cm³/mol. The van der Waals surface area contributed by atoms with Crippen molar-refractivity contribution >= 4 is 51.0 Å². The molecule has 12 heavy (non-hydrogen) atoms. The topological polar surface area (TPSA) is 54.4 Å². The Hall–Kier alpha value is 0.610. The molecule has 1 unspecified atom stereocenters. The van der Waals surface area contributed by atoms with Gasteiger partial charge in [-0.25, -0.2) is 0 Å². The fraction of sp³-hybridized carbons (Fsp3) is 0.333. The van der Waals surface area contributed by atoms with Crippen LogP contribution in [0.1, 0.15) is 17.7 Å². The molecule has 0 aromatic carbocycles. The normalized spacial score (nSPS) is 13.5. The molecule has 1 atom stereocenters. The second-order valence-electron chi connectivity index (χ2n) is 2.21. The van der Waals surface area contributed by atoms with Crippen molar-refractivity contribution in [3.63, 3.8) is 0 Å². The second kappa shape index (κ2) is 4.74. The minimum absolute atomic E-state index is 0. The van der Waals surface area contributed by atoms with Crippen LogP contribution in [0.2, 0.25) is 0 Å². The van der Waals surface area contributed by atoms with E-state index in [-0.39, 0.29) is 29.6 Å². The molecular weight excluding hydrogens is 207 g/mol. The Morgan fingerprint density at radius 3 is 2.50 bits per heavy atom. The van der Waals surface area contributed by atoms with Crippen LogP contribution in [-0.4, -0.2) is 42.5 Å². The average Bonchev–Trinajstić information content (AvgIpc) is 2.34. The monoisotopic (exact) mass is 216 g/mol. The van der Waals surface area contributed by atoms with Crippen LogP contribution in [-0.2, 0) is 10.1 Å². The number of hydrogen-bond donors (Lipinski definition) is 1. The first kappa shape index (κ1) is 12.6. The van der Waals surface area contributed by atoms with Crippen molar-refractivity contribution < 1.29 is 13.0 Å². The third-order valence-electron chi connectivity index (χ3n) is 1.46. The Balaban J connectivity index is 0.00000121. The summed E-state index contributed by atoms with van der Waals surface area (Å²) in [5.41, 5.74) is 0.637. The average molecular weight is 216 g/mol. The third-order valence-corrected chi connectivity index (χ3v) is 3.33. The van der Waals surface area contributed by atoms with E-state index in [2.05, 4.69) is 0 Å². The van der Waals surface area contributed by atoms with Crippen LogP contribution in [0, 0.1) is 0 Å². The van der Waals surface area contributed by atoms with Gasteiger partial charge in [-0.2, -0.15) is 19.8 Å². The van der Waals surface area contributed by atoms with Crippen LogP contribution in [0.3, 0.4) is 0 Å². The molecule has 0 spiro atoms. The van der Waals surface area contributed by atoms with Crippen molar-refractivity contribution in [2.75, 3.05) is 0 Å². The quantitative estimate of drug-likeness (QED) is 0.594. The summed E-state index contributed by atoms with van der Waals surface area (Å²) < 4.78 is 29.8. The molecule has 0 aliphatic heterocycles. The van der Waals surface area contributed by atoms with Gasteiger partial charge in [0.1, 0.15) is 5.25 Å². The summed E-state index contributed by atoms with van der Waals surface area (Å²) >= 11 is 1.41. The molecular formula is C6H9NaO3S2. The van der Waals surface area contributed by atoms with E-state index in [0.717, 1.165) is 0 Å². The van der Waals surface area contributed by atoms with Crippen LogP contribution < -0.4 is 0 Å². The molecule has 1 heterocycles. The Labute approximate surface area is 97.8 Å². The minimum atomic E-state index is -3.92.